The molecule has 6 heteroatoms. The van der Waals surface area contributed by atoms with Crippen LogP contribution in [0.5, 0.6) is 11.5 Å². The van der Waals surface area contributed by atoms with Gasteiger partial charge in [-0.2, -0.15) is 5.10 Å². The normalized spacial score (nSPS) is 11.6. The van der Waals surface area contributed by atoms with Gasteiger partial charge in [-0.3, -0.25) is 4.79 Å². The van der Waals surface area contributed by atoms with Gasteiger partial charge in [0.05, 0.1) is 18.3 Å². The zero-order valence-corrected chi connectivity index (χ0v) is 15.4. The molecule has 132 valence electrons. The van der Waals surface area contributed by atoms with Gasteiger partial charge in [0.2, 0.25) is 0 Å². The summed E-state index contributed by atoms with van der Waals surface area (Å²) >= 11 is 5.91. The third kappa shape index (κ3) is 4.73. The molecule has 0 atom stereocenters. The van der Waals surface area contributed by atoms with Crippen LogP contribution in [0, 0.1) is 0 Å². The van der Waals surface area contributed by atoms with Gasteiger partial charge in [-0.15, -0.1) is 0 Å². The summed E-state index contributed by atoms with van der Waals surface area (Å²) in [6, 6.07) is 10.5. The molecule has 0 saturated heterocycles. The molecule has 0 aromatic heterocycles. The minimum atomic E-state index is -0.312. The number of benzene rings is 2. The number of carbonyl (C=O) groups is 1. The van der Waals surface area contributed by atoms with Gasteiger partial charge in [-0.05, 0) is 40.8 Å². The standard InChI is InChI=1S/C19H21ClN2O3/c1-19(2,3)14-7-5-13(6-8-14)18(24)22-21-11-12-9-15(20)17(23)16(10-12)25-4/h5-11,23H,1-4H3,(H,22,24)/b21-11-. The third-order valence-electron chi connectivity index (χ3n) is 3.66. The van der Waals surface area contributed by atoms with E-state index in [0.717, 1.165) is 5.56 Å². The number of ether oxygens (including phenoxy) is 1. The van der Waals surface area contributed by atoms with Crippen LogP contribution in [0.15, 0.2) is 41.5 Å². The van der Waals surface area contributed by atoms with Gasteiger partial charge in [0.15, 0.2) is 11.5 Å². The van der Waals surface area contributed by atoms with Crippen molar-refractivity contribution in [3.63, 3.8) is 0 Å². The van der Waals surface area contributed by atoms with Crippen molar-refractivity contribution in [2.75, 3.05) is 7.11 Å². The predicted molar refractivity (Wildman–Crippen MR) is 99.9 cm³/mol. The van der Waals surface area contributed by atoms with Crippen molar-refractivity contribution in [2.45, 2.75) is 26.2 Å². The zero-order valence-electron chi connectivity index (χ0n) is 14.6. The molecule has 0 spiro atoms. The second-order valence-electron chi connectivity index (χ2n) is 6.58. The molecule has 2 rings (SSSR count). The maximum absolute atomic E-state index is 12.1. The topological polar surface area (TPSA) is 70.9 Å². The van der Waals surface area contributed by atoms with Crippen molar-refractivity contribution in [3.05, 3.63) is 58.1 Å². The molecular formula is C19H21ClN2O3. The number of hydrogen-bond donors (Lipinski definition) is 2. The Bertz CT molecular complexity index is 794. The van der Waals surface area contributed by atoms with Gasteiger partial charge in [0, 0.05) is 5.56 Å². The lowest BCUT2D eigenvalue weighted by Gasteiger charge is -2.18. The Hall–Kier alpha value is -2.53. The second-order valence-corrected chi connectivity index (χ2v) is 6.99. The lowest BCUT2D eigenvalue weighted by atomic mass is 9.87. The van der Waals surface area contributed by atoms with E-state index in [0.29, 0.717) is 11.1 Å². The molecule has 1 amide bonds. The van der Waals surface area contributed by atoms with Crippen LogP contribution in [0.2, 0.25) is 5.02 Å². The number of phenols is 1. The minimum Gasteiger partial charge on any atom is -0.503 e. The van der Waals surface area contributed by atoms with E-state index >= 15 is 0 Å². The number of halogens is 1. The van der Waals surface area contributed by atoms with Crippen LogP contribution in [-0.2, 0) is 5.41 Å². The lowest BCUT2D eigenvalue weighted by molar-refractivity contribution is 0.0955. The Labute approximate surface area is 152 Å². The molecule has 0 heterocycles. The van der Waals surface area contributed by atoms with Crippen molar-refractivity contribution in [2.24, 2.45) is 5.10 Å². The minimum absolute atomic E-state index is 0.0321. The van der Waals surface area contributed by atoms with E-state index < -0.39 is 0 Å². The first-order chi connectivity index (χ1) is 11.7. The van der Waals surface area contributed by atoms with Gasteiger partial charge in [-0.25, -0.2) is 5.43 Å². The number of amides is 1. The lowest BCUT2D eigenvalue weighted by Crippen LogP contribution is -2.18. The van der Waals surface area contributed by atoms with Gasteiger partial charge in [0.1, 0.15) is 0 Å². The number of aromatic hydroxyl groups is 1. The van der Waals surface area contributed by atoms with Crippen LogP contribution < -0.4 is 10.2 Å². The Morgan fingerprint density at radius 2 is 1.88 bits per heavy atom. The summed E-state index contributed by atoms with van der Waals surface area (Å²) in [4.78, 5) is 12.1. The molecule has 5 nitrogen and oxygen atoms in total. The monoisotopic (exact) mass is 360 g/mol. The van der Waals surface area contributed by atoms with Crippen LogP contribution in [-0.4, -0.2) is 24.3 Å². The highest BCUT2D eigenvalue weighted by molar-refractivity contribution is 6.32. The van der Waals surface area contributed by atoms with E-state index in [9.17, 15) is 9.90 Å². The number of hydrogen-bond acceptors (Lipinski definition) is 4. The summed E-state index contributed by atoms with van der Waals surface area (Å²) < 4.78 is 5.02. The molecule has 0 unspecified atom stereocenters. The first kappa shape index (κ1) is 18.8. The average molecular weight is 361 g/mol. The molecule has 0 radical (unpaired) electrons. The predicted octanol–water partition coefficient (Wildman–Crippen LogP) is 4.12. The first-order valence-electron chi connectivity index (χ1n) is 7.73. The summed E-state index contributed by atoms with van der Waals surface area (Å²) in [5.41, 5.74) is 4.75. The number of phenolic OH excluding ortho intramolecular Hbond substituents is 1. The van der Waals surface area contributed by atoms with Crippen LogP contribution in [0.1, 0.15) is 42.3 Å². The van der Waals surface area contributed by atoms with E-state index in [1.165, 1.54) is 19.4 Å². The number of rotatable bonds is 4. The first-order valence-corrected chi connectivity index (χ1v) is 8.10. The molecular weight excluding hydrogens is 340 g/mol. The summed E-state index contributed by atoms with van der Waals surface area (Å²) in [6.45, 7) is 6.34. The average Bonchev–Trinajstić information content (AvgIpc) is 2.57. The Morgan fingerprint density at radius 3 is 2.44 bits per heavy atom. The summed E-state index contributed by atoms with van der Waals surface area (Å²) in [7, 11) is 1.43. The summed E-state index contributed by atoms with van der Waals surface area (Å²) in [5.74, 6) is -0.212. The molecule has 0 aliphatic heterocycles. The van der Waals surface area contributed by atoms with Gasteiger partial charge < -0.3 is 9.84 Å². The molecule has 2 N–H and O–H groups in total. The van der Waals surface area contributed by atoms with Crippen LogP contribution >= 0.6 is 11.6 Å². The molecule has 0 saturated carbocycles. The fourth-order valence-electron chi connectivity index (χ4n) is 2.18. The molecule has 2 aromatic rings. The largest absolute Gasteiger partial charge is 0.503 e. The van der Waals surface area contributed by atoms with E-state index in [4.69, 9.17) is 16.3 Å². The van der Waals surface area contributed by atoms with E-state index in [1.807, 2.05) is 12.1 Å². The maximum atomic E-state index is 12.1. The Kier molecular flexibility index (Phi) is 5.69. The van der Waals surface area contributed by atoms with E-state index in [-0.39, 0.29) is 27.8 Å². The van der Waals surface area contributed by atoms with E-state index in [1.54, 1.807) is 18.2 Å². The van der Waals surface area contributed by atoms with Crippen molar-refractivity contribution >= 4 is 23.7 Å². The highest BCUT2D eigenvalue weighted by atomic mass is 35.5. The number of nitrogens with zero attached hydrogens (tertiary/aromatic N) is 1. The quantitative estimate of drug-likeness (QED) is 0.636. The van der Waals surface area contributed by atoms with Crippen molar-refractivity contribution in [1.29, 1.82) is 0 Å². The third-order valence-corrected chi connectivity index (χ3v) is 3.95. The van der Waals surface area contributed by atoms with Crippen LogP contribution in [0.25, 0.3) is 0 Å². The molecule has 0 aliphatic carbocycles. The molecule has 0 fully saturated rings. The summed E-state index contributed by atoms with van der Waals surface area (Å²) in [5, 5.41) is 13.8. The van der Waals surface area contributed by atoms with Crippen LogP contribution in [0.3, 0.4) is 0 Å². The van der Waals surface area contributed by atoms with E-state index in [2.05, 4.69) is 31.3 Å². The van der Waals surface area contributed by atoms with Crippen molar-refractivity contribution in [3.8, 4) is 11.5 Å². The van der Waals surface area contributed by atoms with Crippen molar-refractivity contribution in [1.82, 2.24) is 5.43 Å². The number of carbonyl (C=O) groups excluding carboxylic acids is 1. The highest BCUT2D eigenvalue weighted by Gasteiger charge is 2.14. The fourth-order valence-corrected chi connectivity index (χ4v) is 2.39. The van der Waals surface area contributed by atoms with Gasteiger partial charge >= 0.3 is 0 Å². The second kappa shape index (κ2) is 7.57. The van der Waals surface area contributed by atoms with Crippen molar-refractivity contribution < 1.29 is 14.6 Å². The van der Waals surface area contributed by atoms with Crippen LogP contribution in [0.4, 0.5) is 0 Å². The molecule has 0 aliphatic rings. The fraction of sp³-hybridized carbons (Fsp3) is 0.263. The van der Waals surface area contributed by atoms with Gasteiger partial charge in [-0.1, -0.05) is 44.5 Å². The Balaban J connectivity index is 2.07. The highest BCUT2D eigenvalue weighted by Crippen LogP contribution is 2.34. The molecule has 2 aromatic carbocycles. The number of hydrazone groups is 1. The maximum Gasteiger partial charge on any atom is 0.271 e. The number of nitrogens with one attached hydrogen (secondary N) is 1. The zero-order chi connectivity index (χ0) is 18.6. The molecule has 25 heavy (non-hydrogen) atoms. The Morgan fingerprint density at radius 1 is 1.24 bits per heavy atom. The molecule has 0 bridgehead atoms. The van der Waals surface area contributed by atoms with Gasteiger partial charge in [0.25, 0.3) is 5.91 Å². The summed E-state index contributed by atoms with van der Waals surface area (Å²) in [6.07, 6.45) is 1.43. The number of methoxy groups -OCH3 is 1. The smallest absolute Gasteiger partial charge is 0.271 e. The SMILES string of the molecule is COc1cc(/C=N\NC(=O)c2ccc(C(C)(C)C)cc2)cc(Cl)c1O.